The lowest BCUT2D eigenvalue weighted by Crippen LogP contribution is -2.25. The number of anilines is 4. The van der Waals surface area contributed by atoms with Crippen molar-refractivity contribution in [2.75, 3.05) is 28.4 Å². The van der Waals surface area contributed by atoms with Crippen LogP contribution in [-0.4, -0.2) is 83.2 Å². The Morgan fingerprint density at radius 1 is 0.421 bits per heavy atom. The molecular formula is C53H62N4O15S4. The van der Waals surface area contributed by atoms with Gasteiger partial charge in [0, 0.05) is 19.5 Å². The van der Waals surface area contributed by atoms with Crippen molar-refractivity contribution in [3.8, 4) is 0 Å². The molecule has 0 saturated carbocycles. The molecule has 19 nitrogen and oxygen atoms in total. The fourth-order valence-electron chi connectivity index (χ4n) is 6.48. The summed E-state index contributed by atoms with van der Waals surface area (Å²) in [5.74, 6) is -5.44. The number of methoxy groups -OCH3 is 1. The molecule has 0 aliphatic heterocycles. The van der Waals surface area contributed by atoms with Gasteiger partial charge in [-0.15, -0.1) is 45.3 Å². The average Bonchev–Trinajstić information content (AvgIpc) is 4.06. The van der Waals surface area contributed by atoms with Crippen molar-refractivity contribution in [2.24, 2.45) is 0 Å². The number of hydrogen-bond acceptors (Lipinski definition) is 19. The Morgan fingerprint density at radius 2 is 0.711 bits per heavy atom. The molecule has 4 aromatic heterocycles. The van der Waals surface area contributed by atoms with E-state index in [9.17, 15) is 43.2 Å². The largest absolute Gasteiger partial charge is 0.469 e. The van der Waals surface area contributed by atoms with Gasteiger partial charge in [0.2, 0.25) is 17.7 Å². The molecule has 0 aliphatic rings. The number of benzene rings is 1. The lowest BCUT2D eigenvalue weighted by molar-refractivity contribution is -0.139. The summed E-state index contributed by atoms with van der Waals surface area (Å²) in [7, 11) is 1.23. The molecule has 5 aromatic rings. The minimum atomic E-state index is -0.943. The second kappa shape index (κ2) is 24.8. The maximum Gasteiger partial charge on any atom is 0.412 e. The van der Waals surface area contributed by atoms with E-state index >= 15 is 0 Å². The fraction of sp³-hybridized carbons (Fsp3) is 0.415. The third-order valence-corrected chi connectivity index (χ3v) is 13.5. The van der Waals surface area contributed by atoms with E-state index in [2.05, 4.69) is 21.3 Å². The topological polar surface area (TPSA) is 257 Å². The van der Waals surface area contributed by atoms with Crippen LogP contribution in [0.3, 0.4) is 0 Å². The molecule has 23 heteroatoms. The van der Waals surface area contributed by atoms with E-state index in [4.69, 9.17) is 28.4 Å². The number of amides is 4. The van der Waals surface area contributed by atoms with Gasteiger partial charge in [-0.05, 0) is 113 Å². The van der Waals surface area contributed by atoms with Crippen molar-refractivity contribution in [1.29, 1.82) is 0 Å². The molecule has 4 N–H and O–H groups in total. The molecule has 0 aliphatic carbocycles. The highest BCUT2D eigenvalue weighted by molar-refractivity contribution is 7.18. The molecular weight excluding hydrogens is 1060 g/mol. The number of rotatable bonds is 18. The molecule has 0 spiro atoms. The van der Waals surface area contributed by atoms with E-state index in [1.54, 1.807) is 107 Å². The van der Waals surface area contributed by atoms with E-state index in [0.29, 0.717) is 19.5 Å². The number of carbonyl (C=O) groups is 9. The van der Waals surface area contributed by atoms with Crippen LogP contribution in [-0.2, 0) is 79.9 Å². The Hall–Kier alpha value is -6.95. The lowest BCUT2D eigenvalue weighted by atomic mass is 10.1. The molecule has 76 heavy (non-hydrogen) atoms. The molecule has 1 aromatic carbocycles. The highest BCUT2D eigenvalue weighted by Crippen LogP contribution is 2.36. The molecule has 408 valence electrons. The molecule has 0 atom stereocenters. The van der Waals surface area contributed by atoms with Crippen LogP contribution in [0.2, 0.25) is 0 Å². The van der Waals surface area contributed by atoms with Gasteiger partial charge < -0.3 is 44.4 Å². The number of ether oxygens (including phenoxy) is 6. The zero-order valence-corrected chi connectivity index (χ0v) is 47.8. The van der Waals surface area contributed by atoms with Crippen LogP contribution in [0.15, 0.2) is 54.6 Å². The monoisotopic (exact) mass is 1120 g/mol. The molecule has 4 heterocycles. The van der Waals surface area contributed by atoms with Crippen molar-refractivity contribution in [2.45, 2.75) is 138 Å². The van der Waals surface area contributed by atoms with E-state index in [1.165, 1.54) is 31.4 Å². The molecule has 0 fully saturated rings. The smallest absolute Gasteiger partial charge is 0.412 e. The Balaban J connectivity index is 1.37. The van der Waals surface area contributed by atoms with E-state index < -0.39 is 76.1 Å². The summed E-state index contributed by atoms with van der Waals surface area (Å²) >= 11 is 3.82. The first-order valence-corrected chi connectivity index (χ1v) is 26.9. The van der Waals surface area contributed by atoms with Crippen LogP contribution in [0.5, 0.6) is 0 Å². The highest BCUT2D eigenvalue weighted by atomic mass is 32.1. The summed E-state index contributed by atoms with van der Waals surface area (Å²) in [4.78, 5) is 121. The fourth-order valence-corrected chi connectivity index (χ4v) is 10.7. The SMILES string of the molecule is COC(=O)Cc1cc(C(=O)OC(C)(C)C)c(NC(=O)Cc2cc(C(=O)OC(C)(C)C)c(NC(=O)Cc3cc(C(=O)OC(C)(C)C)c(NC(=O)Cc4cc(C(=O)OC(C)(C)C)c(NC(=O)OCc5ccccc5)s4)s3)s2)s1. The van der Waals surface area contributed by atoms with Crippen molar-refractivity contribution in [1.82, 2.24) is 0 Å². The van der Waals surface area contributed by atoms with Gasteiger partial charge in [-0.25, -0.2) is 24.0 Å². The minimum absolute atomic E-state index is 0.00589. The maximum absolute atomic E-state index is 13.9. The number of nitrogens with one attached hydrogen (secondary N) is 4. The van der Waals surface area contributed by atoms with Gasteiger partial charge in [0.25, 0.3) is 0 Å². The normalized spacial score (nSPS) is 11.7. The quantitative estimate of drug-likeness (QED) is 0.0470. The van der Waals surface area contributed by atoms with E-state index in [-0.39, 0.29) is 74.5 Å². The van der Waals surface area contributed by atoms with Gasteiger partial charge in [0.1, 0.15) is 49.0 Å². The number of hydrogen-bond donors (Lipinski definition) is 4. The Labute approximate surface area is 456 Å². The number of thiophene rings is 4. The zero-order chi connectivity index (χ0) is 56.5. The third kappa shape index (κ3) is 19.0. The second-order valence-electron chi connectivity index (χ2n) is 20.9. The van der Waals surface area contributed by atoms with Gasteiger partial charge >= 0.3 is 35.9 Å². The minimum Gasteiger partial charge on any atom is -0.469 e. The van der Waals surface area contributed by atoms with Gasteiger partial charge in [-0.3, -0.25) is 24.5 Å². The lowest BCUT2D eigenvalue weighted by Gasteiger charge is -2.19. The van der Waals surface area contributed by atoms with Crippen LogP contribution < -0.4 is 21.3 Å². The molecule has 0 bridgehead atoms. The summed E-state index contributed by atoms with van der Waals surface area (Å²) < 4.78 is 32.6. The van der Waals surface area contributed by atoms with Crippen LogP contribution in [0.4, 0.5) is 24.8 Å². The number of esters is 5. The van der Waals surface area contributed by atoms with Gasteiger partial charge in [-0.2, -0.15) is 0 Å². The first-order chi connectivity index (χ1) is 35.2. The first-order valence-electron chi connectivity index (χ1n) is 23.6. The standard InChI is InChI=1S/C53H62N4O15S4/c1-50(2,3)69-45(62)33-20-30(24-38(59)56-43-35(47(64)71-52(7,8)9)22-32(76-43)26-40(61)67-13)74-41(33)54-37(58)23-29-19-34(46(63)70-51(4,5)6)42(73-29)55-39(60)25-31-21-36(48(65)72-53(10,11)12)44(75-31)57-49(66)68-27-28-17-15-14-16-18-28/h14-22H,23-27H2,1-13H3,(H,54,58)(H,55,60)(H,56,59)(H,57,66). The Bertz CT molecular complexity index is 2990. The summed E-state index contributed by atoms with van der Waals surface area (Å²) in [6.45, 7) is 20.1. The van der Waals surface area contributed by atoms with E-state index in [0.717, 1.165) is 50.9 Å². The van der Waals surface area contributed by atoms with Gasteiger partial charge in [-0.1, -0.05) is 30.3 Å². The van der Waals surface area contributed by atoms with Crippen LogP contribution >= 0.6 is 45.3 Å². The maximum atomic E-state index is 13.9. The number of carbonyl (C=O) groups excluding carboxylic acids is 9. The predicted octanol–water partition coefficient (Wildman–Crippen LogP) is 10.8. The predicted molar refractivity (Wildman–Crippen MR) is 291 cm³/mol. The van der Waals surface area contributed by atoms with Gasteiger partial charge in [0.05, 0.1) is 55.0 Å². The molecule has 4 amide bonds. The van der Waals surface area contributed by atoms with Crippen molar-refractivity contribution in [3.63, 3.8) is 0 Å². The first kappa shape index (κ1) is 59.9. The Morgan fingerprint density at radius 3 is 1.00 bits per heavy atom. The second-order valence-corrected chi connectivity index (χ2v) is 25.5. The summed E-state index contributed by atoms with van der Waals surface area (Å²) in [6.07, 6.45) is -1.97. The Kier molecular flexibility index (Phi) is 19.6. The highest BCUT2D eigenvalue weighted by Gasteiger charge is 2.30. The van der Waals surface area contributed by atoms with Crippen molar-refractivity contribution < 1.29 is 71.6 Å². The molecule has 0 radical (unpaired) electrons. The summed E-state index contributed by atoms with van der Waals surface area (Å²) in [5, 5.41) is 11.1. The average molecular weight is 1120 g/mol. The summed E-state index contributed by atoms with van der Waals surface area (Å²) in [6, 6.07) is 14.7. The van der Waals surface area contributed by atoms with E-state index in [1.807, 2.05) is 6.07 Å². The summed E-state index contributed by atoms with van der Waals surface area (Å²) in [5.41, 5.74) is -2.95. The van der Waals surface area contributed by atoms with Crippen LogP contribution in [0, 0.1) is 0 Å². The van der Waals surface area contributed by atoms with Gasteiger partial charge in [0.15, 0.2) is 0 Å². The van der Waals surface area contributed by atoms with Crippen molar-refractivity contribution in [3.05, 3.63) is 102 Å². The molecule has 0 unspecified atom stereocenters. The van der Waals surface area contributed by atoms with Crippen molar-refractivity contribution >= 4 is 119 Å². The van der Waals surface area contributed by atoms with Crippen LogP contribution in [0.1, 0.15) is 150 Å². The zero-order valence-electron chi connectivity index (χ0n) is 44.5. The third-order valence-electron chi connectivity index (χ3n) is 9.35. The molecule has 0 saturated heterocycles. The van der Waals surface area contributed by atoms with Crippen LogP contribution in [0.25, 0.3) is 0 Å². The molecule has 5 rings (SSSR count).